The van der Waals surface area contributed by atoms with E-state index in [1.807, 2.05) is 48.0 Å². The highest BCUT2D eigenvalue weighted by Crippen LogP contribution is 2.20. The summed E-state index contributed by atoms with van der Waals surface area (Å²) in [5.74, 6) is 0.0191. The molecule has 0 aliphatic rings. The van der Waals surface area contributed by atoms with Crippen molar-refractivity contribution in [3.8, 4) is 0 Å². The van der Waals surface area contributed by atoms with E-state index in [4.69, 9.17) is 11.6 Å². The molecule has 3 rings (SSSR count). The quantitative estimate of drug-likeness (QED) is 0.521. The van der Waals surface area contributed by atoms with Crippen molar-refractivity contribution < 1.29 is 9.90 Å². The number of hydrogen-bond acceptors (Lipinski definition) is 3. The maximum atomic E-state index is 11.7. The van der Waals surface area contributed by atoms with Crippen molar-refractivity contribution in [1.29, 1.82) is 0 Å². The Morgan fingerprint density at radius 1 is 1.30 bits per heavy atom. The number of benzene rings is 1. The predicted octanol–water partition coefficient (Wildman–Crippen LogP) is 5.31. The van der Waals surface area contributed by atoms with Crippen molar-refractivity contribution in [2.45, 2.75) is 32.7 Å². The van der Waals surface area contributed by atoms with E-state index in [2.05, 4.69) is 16.5 Å². The van der Waals surface area contributed by atoms with Crippen molar-refractivity contribution in [2.24, 2.45) is 0 Å². The van der Waals surface area contributed by atoms with Gasteiger partial charge in [0.05, 0.1) is 12.2 Å². The van der Waals surface area contributed by atoms with Gasteiger partial charge in [-0.15, -0.1) is 11.3 Å². The molecular weight excluding hydrogens is 380 g/mol. The average Bonchev–Trinajstić information content (AvgIpc) is 3.27. The molecule has 27 heavy (non-hydrogen) atoms. The van der Waals surface area contributed by atoms with E-state index in [0.29, 0.717) is 24.2 Å². The van der Waals surface area contributed by atoms with Gasteiger partial charge in [0.15, 0.2) is 0 Å². The number of imidazole rings is 1. The number of rotatable bonds is 8. The van der Waals surface area contributed by atoms with Crippen molar-refractivity contribution in [1.82, 2.24) is 9.55 Å². The fourth-order valence-electron chi connectivity index (χ4n) is 2.88. The van der Waals surface area contributed by atoms with Gasteiger partial charge >= 0.3 is 5.97 Å². The van der Waals surface area contributed by atoms with E-state index < -0.39 is 5.97 Å². The van der Waals surface area contributed by atoms with Gasteiger partial charge in [-0.1, -0.05) is 42.8 Å². The number of thiophene rings is 1. The monoisotopic (exact) mass is 400 g/mol. The summed E-state index contributed by atoms with van der Waals surface area (Å²) in [6.45, 7) is 2.71. The molecule has 1 aromatic carbocycles. The van der Waals surface area contributed by atoms with Crippen LogP contribution in [0.25, 0.3) is 6.08 Å². The third kappa shape index (κ3) is 5.08. The lowest BCUT2D eigenvalue weighted by molar-refractivity contribution is -0.132. The van der Waals surface area contributed by atoms with Crippen molar-refractivity contribution in [3.05, 3.63) is 80.5 Å². The summed E-state index contributed by atoms with van der Waals surface area (Å²) in [5.41, 5.74) is 2.02. The second-order valence-corrected chi connectivity index (χ2v) is 7.72. The van der Waals surface area contributed by atoms with Crippen LogP contribution >= 0.6 is 22.9 Å². The maximum Gasteiger partial charge on any atom is 0.332 e. The zero-order chi connectivity index (χ0) is 19.2. The number of carbonyl (C=O) groups is 1. The third-order valence-corrected chi connectivity index (χ3v) is 5.44. The Hall–Kier alpha value is -2.37. The Morgan fingerprint density at radius 2 is 2.11 bits per heavy atom. The molecular formula is C21H21ClN2O2S. The molecule has 0 aliphatic carbocycles. The summed E-state index contributed by atoms with van der Waals surface area (Å²) in [4.78, 5) is 17.3. The highest BCUT2D eigenvalue weighted by molar-refractivity contribution is 7.09. The van der Waals surface area contributed by atoms with Crippen LogP contribution < -0.4 is 0 Å². The molecule has 2 heterocycles. The molecule has 2 aromatic heterocycles. The minimum Gasteiger partial charge on any atom is -0.478 e. The van der Waals surface area contributed by atoms with Gasteiger partial charge in [0.1, 0.15) is 5.82 Å². The van der Waals surface area contributed by atoms with Crippen LogP contribution in [0.2, 0.25) is 5.02 Å². The maximum absolute atomic E-state index is 11.7. The van der Waals surface area contributed by atoms with Gasteiger partial charge < -0.3 is 9.67 Å². The smallest absolute Gasteiger partial charge is 0.332 e. The molecule has 0 aliphatic heterocycles. The fourth-order valence-corrected chi connectivity index (χ4v) is 3.81. The van der Waals surface area contributed by atoms with Crippen LogP contribution in [0.5, 0.6) is 0 Å². The topological polar surface area (TPSA) is 55.1 Å². The molecule has 1 N–H and O–H groups in total. The summed E-state index contributed by atoms with van der Waals surface area (Å²) in [5, 5.41) is 12.2. The van der Waals surface area contributed by atoms with E-state index in [1.165, 1.54) is 0 Å². The standard InChI is InChI=1S/C21H21ClN2O2S/c1-2-6-20-23-17(11-16(21(25)26)12-18-8-5-10-27-18)14-24(20)13-15-7-3-4-9-19(15)22/h3-5,7-11,14H,2,6,12-13H2,1H3,(H,25,26). The van der Waals surface area contributed by atoms with Crippen LogP contribution in [-0.4, -0.2) is 20.6 Å². The molecule has 0 radical (unpaired) electrons. The number of halogens is 1. The molecule has 140 valence electrons. The fraction of sp³-hybridized carbons (Fsp3) is 0.238. The van der Waals surface area contributed by atoms with E-state index in [9.17, 15) is 9.90 Å². The number of hydrogen-bond donors (Lipinski definition) is 1. The molecule has 0 spiro atoms. The summed E-state index contributed by atoms with van der Waals surface area (Å²) < 4.78 is 2.06. The van der Waals surface area contributed by atoms with Gasteiger partial charge in [-0.2, -0.15) is 0 Å². The molecule has 3 aromatic rings. The number of aromatic nitrogens is 2. The molecule has 0 saturated heterocycles. The zero-order valence-electron chi connectivity index (χ0n) is 15.1. The normalized spacial score (nSPS) is 11.7. The van der Waals surface area contributed by atoms with Gasteiger partial charge in [-0.25, -0.2) is 9.78 Å². The first kappa shape index (κ1) is 19.4. The van der Waals surface area contributed by atoms with E-state index in [-0.39, 0.29) is 0 Å². The highest BCUT2D eigenvalue weighted by atomic mass is 35.5. The van der Waals surface area contributed by atoms with Crippen molar-refractivity contribution in [2.75, 3.05) is 0 Å². The SMILES string of the molecule is CCCc1nc(C=C(Cc2cccs2)C(=O)O)cn1Cc1ccccc1Cl. The first-order chi connectivity index (χ1) is 13.1. The van der Waals surface area contributed by atoms with Crippen LogP contribution in [0.4, 0.5) is 0 Å². The predicted molar refractivity (Wildman–Crippen MR) is 110 cm³/mol. The van der Waals surface area contributed by atoms with E-state index in [1.54, 1.807) is 17.4 Å². The Morgan fingerprint density at radius 3 is 2.78 bits per heavy atom. The first-order valence-corrected chi connectivity index (χ1v) is 10.1. The summed E-state index contributed by atoms with van der Waals surface area (Å²) in [6, 6.07) is 11.6. The van der Waals surface area contributed by atoms with Gasteiger partial charge in [0, 0.05) is 34.5 Å². The second kappa shape index (κ2) is 9.02. The molecule has 6 heteroatoms. The van der Waals surface area contributed by atoms with Crippen LogP contribution in [0.3, 0.4) is 0 Å². The summed E-state index contributed by atoms with van der Waals surface area (Å²) >= 11 is 7.85. The zero-order valence-corrected chi connectivity index (χ0v) is 16.6. The van der Waals surface area contributed by atoms with Crippen LogP contribution in [0, 0.1) is 0 Å². The number of nitrogens with zero attached hydrogens (tertiary/aromatic N) is 2. The molecule has 0 saturated carbocycles. The largest absolute Gasteiger partial charge is 0.478 e. The molecule has 0 unspecified atom stereocenters. The van der Waals surface area contributed by atoms with Gasteiger partial charge in [0.25, 0.3) is 0 Å². The molecule has 0 atom stereocenters. The minimum absolute atomic E-state index is 0.336. The van der Waals surface area contributed by atoms with E-state index >= 15 is 0 Å². The Labute approximate surface area is 167 Å². The van der Waals surface area contributed by atoms with Crippen molar-refractivity contribution >= 4 is 35.0 Å². The number of aryl methyl sites for hydroxylation is 1. The number of aliphatic carboxylic acids is 1. The first-order valence-electron chi connectivity index (χ1n) is 8.82. The van der Waals surface area contributed by atoms with Crippen LogP contribution in [-0.2, 0) is 24.2 Å². The number of carboxylic acid groups (broad SMARTS) is 1. The Bertz CT molecular complexity index is 945. The van der Waals surface area contributed by atoms with Crippen LogP contribution in [0.1, 0.15) is 35.3 Å². The average molecular weight is 401 g/mol. The van der Waals surface area contributed by atoms with Gasteiger partial charge in [-0.3, -0.25) is 0 Å². The van der Waals surface area contributed by atoms with E-state index in [0.717, 1.165) is 34.1 Å². The third-order valence-electron chi connectivity index (χ3n) is 4.19. The minimum atomic E-state index is -0.916. The second-order valence-electron chi connectivity index (χ2n) is 6.28. The Kier molecular flexibility index (Phi) is 6.48. The lowest BCUT2D eigenvalue weighted by Gasteiger charge is -2.08. The van der Waals surface area contributed by atoms with Crippen molar-refractivity contribution in [3.63, 3.8) is 0 Å². The summed E-state index contributed by atoms with van der Waals surface area (Å²) in [6.07, 6.45) is 5.76. The Balaban J connectivity index is 1.91. The van der Waals surface area contributed by atoms with Gasteiger partial charge in [-0.05, 0) is 35.6 Å². The number of carboxylic acids is 1. The van der Waals surface area contributed by atoms with Crippen LogP contribution in [0.15, 0.2) is 53.5 Å². The molecule has 0 fully saturated rings. The molecule has 4 nitrogen and oxygen atoms in total. The summed E-state index contributed by atoms with van der Waals surface area (Å²) in [7, 11) is 0. The van der Waals surface area contributed by atoms with Gasteiger partial charge in [0.2, 0.25) is 0 Å². The lowest BCUT2D eigenvalue weighted by Crippen LogP contribution is -2.04. The highest BCUT2D eigenvalue weighted by Gasteiger charge is 2.13. The lowest BCUT2D eigenvalue weighted by atomic mass is 10.1. The molecule has 0 bridgehead atoms. The molecule has 0 amide bonds.